The van der Waals surface area contributed by atoms with Gasteiger partial charge in [-0.05, 0) is 25.0 Å². The largest absolute Gasteiger partial charge is 0.466 e. The third-order valence-electron chi connectivity index (χ3n) is 6.44. The summed E-state index contributed by atoms with van der Waals surface area (Å²) < 4.78 is 47.5. The van der Waals surface area contributed by atoms with Gasteiger partial charge in [-0.1, -0.05) is 0 Å². The highest BCUT2D eigenvalue weighted by Crippen LogP contribution is 2.32. The minimum absolute atomic E-state index is 0.0167. The Bertz CT molecular complexity index is 1580. The van der Waals surface area contributed by atoms with Crippen LogP contribution in [-0.4, -0.2) is 57.4 Å². The van der Waals surface area contributed by atoms with Crippen LogP contribution in [0.1, 0.15) is 29.7 Å². The summed E-state index contributed by atoms with van der Waals surface area (Å²) in [5.41, 5.74) is 3.76. The summed E-state index contributed by atoms with van der Waals surface area (Å²) in [6.07, 6.45) is 5.49. The Kier molecular flexibility index (Phi) is 7.86. The van der Waals surface area contributed by atoms with E-state index in [-0.39, 0.29) is 51.6 Å². The van der Waals surface area contributed by atoms with Gasteiger partial charge in [0.1, 0.15) is 46.8 Å². The molecule has 1 saturated heterocycles. The number of benzene rings is 2. The monoisotopic (exact) mass is 561 g/mol. The highest BCUT2D eigenvalue weighted by molar-refractivity contribution is 6.16. The number of nitrogens with two attached hydrogens (primary N) is 1. The van der Waals surface area contributed by atoms with Crippen LogP contribution in [0.5, 0.6) is 17.2 Å². The Morgan fingerprint density at radius 3 is 2.63 bits per heavy atom. The predicted molar refractivity (Wildman–Crippen MR) is 146 cm³/mol. The first-order valence-corrected chi connectivity index (χ1v) is 12.6. The van der Waals surface area contributed by atoms with Crippen LogP contribution in [0.25, 0.3) is 0 Å². The molecule has 0 saturated carbocycles. The fourth-order valence-electron chi connectivity index (χ4n) is 4.41. The number of anilines is 2. The fraction of sp³-hybridized carbons (Fsp3) is 0.259. The van der Waals surface area contributed by atoms with Crippen molar-refractivity contribution in [2.24, 2.45) is 7.05 Å². The second-order valence-electron chi connectivity index (χ2n) is 9.44. The standard InChI is InChI=1S/C27H26BF2N7O4/c1-37-14-33-12-22(37)27(28,38)41-19-9-15(29)8-18(10-19)40-17-2-3-20(21(30)11-17)24(31)23-25(32)34-13-35-26(23)36-16-4-6-39-7-5-16/h2-3,8-14,16,31,38H,4-7H2,1H3,(H3,32,34,35,36). The molecule has 1 fully saturated rings. The molecule has 1 atom stereocenters. The summed E-state index contributed by atoms with van der Waals surface area (Å²) in [5.74, 6) is -1.36. The molecule has 0 bridgehead atoms. The van der Waals surface area contributed by atoms with Crippen molar-refractivity contribution in [2.45, 2.75) is 24.6 Å². The van der Waals surface area contributed by atoms with Crippen LogP contribution < -0.4 is 20.5 Å². The van der Waals surface area contributed by atoms with Crippen molar-refractivity contribution in [1.82, 2.24) is 19.5 Å². The zero-order valence-corrected chi connectivity index (χ0v) is 22.0. The molecule has 3 heterocycles. The number of aromatic nitrogens is 4. The van der Waals surface area contributed by atoms with E-state index in [0.29, 0.717) is 19.0 Å². The summed E-state index contributed by atoms with van der Waals surface area (Å²) in [5, 5.41) is 22.5. The molecule has 4 aromatic rings. The lowest BCUT2D eigenvalue weighted by molar-refractivity contribution is -0.0730. The highest BCUT2D eigenvalue weighted by Gasteiger charge is 2.28. The SMILES string of the molecule is [B]C(O)(Oc1cc(F)cc(Oc2ccc(C(=N)c3c(N)ncnc3NC3CCOCC3)c(F)c2)c1)c1cncn1C. The van der Waals surface area contributed by atoms with E-state index in [4.69, 9.17) is 33.2 Å². The summed E-state index contributed by atoms with van der Waals surface area (Å²) in [4.78, 5) is 12.1. The molecule has 2 aromatic heterocycles. The maximum Gasteiger partial charge on any atom is 0.197 e. The number of ether oxygens (including phenoxy) is 3. The van der Waals surface area contributed by atoms with Gasteiger partial charge in [-0.3, -0.25) is 5.41 Å². The zero-order valence-electron chi connectivity index (χ0n) is 22.0. The third kappa shape index (κ3) is 6.28. The molecule has 1 aliphatic rings. The number of hydrogen-bond acceptors (Lipinski definition) is 10. The molecule has 14 heteroatoms. The van der Waals surface area contributed by atoms with E-state index < -0.39 is 17.3 Å². The van der Waals surface area contributed by atoms with E-state index in [1.807, 2.05) is 0 Å². The number of rotatable bonds is 9. The summed E-state index contributed by atoms with van der Waals surface area (Å²) in [6, 6.07) is 7.21. The lowest BCUT2D eigenvalue weighted by atomic mass is 9.91. The van der Waals surface area contributed by atoms with Gasteiger partial charge in [-0.2, -0.15) is 0 Å². The molecule has 1 aliphatic heterocycles. The molecule has 2 aromatic carbocycles. The average molecular weight is 561 g/mol. The van der Waals surface area contributed by atoms with Gasteiger partial charge in [0.15, 0.2) is 13.5 Å². The molecule has 210 valence electrons. The molecule has 1 unspecified atom stereocenters. The Balaban J connectivity index is 1.35. The summed E-state index contributed by atoms with van der Waals surface area (Å²) in [7, 11) is 7.47. The lowest BCUT2D eigenvalue weighted by Crippen LogP contribution is -2.35. The van der Waals surface area contributed by atoms with E-state index in [1.165, 1.54) is 41.6 Å². The van der Waals surface area contributed by atoms with Gasteiger partial charge in [0.05, 0.1) is 29.5 Å². The molecule has 5 N–H and O–H groups in total. The lowest BCUT2D eigenvalue weighted by Gasteiger charge is -2.26. The number of hydrogen-bond donors (Lipinski definition) is 4. The number of nitrogens with one attached hydrogen (secondary N) is 2. The molecule has 11 nitrogen and oxygen atoms in total. The summed E-state index contributed by atoms with van der Waals surface area (Å²) in [6.45, 7) is 1.19. The van der Waals surface area contributed by atoms with E-state index in [0.717, 1.165) is 31.0 Å². The van der Waals surface area contributed by atoms with Crippen LogP contribution in [-0.2, 0) is 17.5 Å². The number of nitrogens with zero attached hydrogens (tertiary/aromatic N) is 4. The maximum absolute atomic E-state index is 15.3. The predicted octanol–water partition coefficient (Wildman–Crippen LogP) is 3.22. The zero-order chi connectivity index (χ0) is 29.1. The topological polar surface area (TPSA) is 153 Å². The maximum atomic E-state index is 15.3. The molecule has 0 aliphatic carbocycles. The van der Waals surface area contributed by atoms with Crippen LogP contribution in [0.2, 0.25) is 0 Å². The van der Waals surface area contributed by atoms with Gasteiger partial charge in [0.25, 0.3) is 0 Å². The van der Waals surface area contributed by atoms with E-state index in [2.05, 4.69) is 20.3 Å². The average Bonchev–Trinajstić information content (AvgIpc) is 3.35. The van der Waals surface area contributed by atoms with E-state index in [1.54, 1.807) is 7.05 Å². The van der Waals surface area contributed by atoms with Crippen molar-refractivity contribution < 1.29 is 28.1 Å². The number of nitrogen functional groups attached to an aromatic ring is 1. The van der Waals surface area contributed by atoms with Crippen molar-refractivity contribution >= 4 is 25.2 Å². The Morgan fingerprint density at radius 2 is 1.93 bits per heavy atom. The Labute approximate surface area is 235 Å². The second-order valence-corrected chi connectivity index (χ2v) is 9.44. The van der Waals surface area contributed by atoms with Gasteiger partial charge in [-0.15, -0.1) is 0 Å². The van der Waals surface area contributed by atoms with Crippen LogP contribution in [0.3, 0.4) is 0 Å². The highest BCUT2D eigenvalue weighted by atomic mass is 19.1. The van der Waals surface area contributed by atoms with E-state index in [9.17, 15) is 9.50 Å². The summed E-state index contributed by atoms with van der Waals surface area (Å²) >= 11 is 0. The minimum atomic E-state index is -2.31. The first-order chi connectivity index (χ1) is 19.6. The quantitative estimate of drug-likeness (QED) is 0.137. The van der Waals surface area contributed by atoms with Crippen molar-refractivity contribution in [3.63, 3.8) is 0 Å². The van der Waals surface area contributed by atoms with Crippen molar-refractivity contribution in [2.75, 3.05) is 24.3 Å². The number of aliphatic hydroxyl groups is 1. The first-order valence-electron chi connectivity index (χ1n) is 12.6. The second kappa shape index (κ2) is 11.5. The van der Waals surface area contributed by atoms with Crippen molar-refractivity contribution in [3.05, 3.63) is 83.7 Å². The third-order valence-corrected chi connectivity index (χ3v) is 6.44. The molecule has 0 spiro atoms. The molecular weight excluding hydrogens is 535 g/mol. The smallest absolute Gasteiger partial charge is 0.197 e. The van der Waals surface area contributed by atoms with Gasteiger partial charge >= 0.3 is 0 Å². The molecule has 2 radical (unpaired) electrons. The van der Waals surface area contributed by atoms with Crippen molar-refractivity contribution in [1.29, 1.82) is 5.41 Å². The Morgan fingerprint density at radius 1 is 1.17 bits per heavy atom. The molecular formula is C27H26BF2N7O4. The van der Waals surface area contributed by atoms with Gasteiger partial charge < -0.3 is 34.9 Å². The van der Waals surface area contributed by atoms with Crippen LogP contribution in [0, 0.1) is 17.0 Å². The van der Waals surface area contributed by atoms with E-state index >= 15 is 4.39 Å². The van der Waals surface area contributed by atoms with Crippen LogP contribution in [0.4, 0.5) is 20.4 Å². The fourth-order valence-corrected chi connectivity index (χ4v) is 4.41. The number of aryl methyl sites for hydroxylation is 1. The normalized spacial score (nSPS) is 15.2. The van der Waals surface area contributed by atoms with Crippen molar-refractivity contribution in [3.8, 4) is 17.2 Å². The van der Waals surface area contributed by atoms with Gasteiger partial charge in [-0.25, -0.2) is 23.7 Å². The van der Waals surface area contributed by atoms with Gasteiger partial charge in [0, 0.05) is 56.1 Å². The molecule has 41 heavy (non-hydrogen) atoms. The van der Waals surface area contributed by atoms with Crippen LogP contribution >= 0.6 is 0 Å². The number of imidazole rings is 1. The molecule has 0 amide bonds. The molecule has 5 rings (SSSR count). The minimum Gasteiger partial charge on any atom is -0.466 e. The number of halogens is 2. The first kappa shape index (κ1) is 28.0. The van der Waals surface area contributed by atoms with Gasteiger partial charge in [0.2, 0.25) is 0 Å². The van der Waals surface area contributed by atoms with Crippen LogP contribution in [0.15, 0.2) is 55.2 Å². The Hall–Kier alpha value is -4.56.